The Balaban J connectivity index is 2.55. The number of benzene rings is 2. The van der Waals surface area contributed by atoms with Crippen molar-refractivity contribution in [2.45, 2.75) is 59.0 Å². The van der Waals surface area contributed by atoms with Crippen LogP contribution in [-0.4, -0.2) is 17.2 Å². The Morgan fingerprint density at radius 1 is 0.880 bits per heavy atom. The Hall–Kier alpha value is -1.78. The molecule has 0 aliphatic heterocycles. The van der Waals surface area contributed by atoms with Crippen LogP contribution in [0.25, 0.3) is 0 Å². The summed E-state index contributed by atoms with van der Waals surface area (Å²) >= 11 is 0. The van der Waals surface area contributed by atoms with E-state index in [9.17, 15) is 10.0 Å². The lowest BCUT2D eigenvalue weighted by atomic mass is 9.71. The van der Waals surface area contributed by atoms with E-state index in [0.717, 1.165) is 16.7 Å². The highest BCUT2D eigenvalue weighted by Crippen LogP contribution is 2.35. The highest BCUT2D eigenvalue weighted by Gasteiger charge is 2.29. The van der Waals surface area contributed by atoms with E-state index in [2.05, 4.69) is 47.6 Å². The number of rotatable bonds is 4. The topological polar surface area (TPSA) is 49.7 Å². The lowest BCUT2D eigenvalue weighted by Gasteiger charge is -2.29. The molecule has 0 bridgehead atoms. The molecule has 0 unspecified atom stereocenters. The largest absolute Gasteiger partial charge is 0.492 e. The van der Waals surface area contributed by atoms with Gasteiger partial charge in [-0.25, -0.2) is 0 Å². The summed E-state index contributed by atoms with van der Waals surface area (Å²) in [6, 6.07) is 13.9. The fraction of sp³-hybridized carbons (Fsp3) is 0.429. The normalized spacial score (nSPS) is 12.2. The van der Waals surface area contributed by atoms with Crippen LogP contribution < -0.4 is 10.2 Å². The SMILES string of the molecule is CC(C)(C)c1cc(B(O)O)c(OCc2ccccc2)c(C(C)(C)C)c1. The lowest BCUT2D eigenvalue weighted by Crippen LogP contribution is -2.35. The first kappa shape index (κ1) is 19.5. The van der Waals surface area contributed by atoms with E-state index < -0.39 is 7.12 Å². The first-order chi connectivity index (χ1) is 11.5. The van der Waals surface area contributed by atoms with Crippen molar-refractivity contribution in [2.75, 3.05) is 0 Å². The molecule has 0 aliphatic rings. The second-order valence-corrected chi connectivity index (χ2v) is 8.59. The summed E-state index contributed by atoms with van der Waals surface area (Å²) in [6.45, 7) is 13.1. The maximum atomic E-state index is 9.96. The van der Waals surface area contributed by atoms with Crippen LogP contribution in [0.5, 0.6) is 5.75 Å². The van der Waals surface area contributed by atoms with Crippen LogP contribution in [0.15, 0.2) is 42.5 Å². The summed E-state index contributed by atoms with van der Waals surface area (Å²) in [4.78, 5) is 0. The fourth-order valence-corrected chi connectivity index (χ4v) is 2.72. The van der Waals surface area contributed by atoms with Gasteiger partial charge in [0.15, 0.2) is 0 Å². The van der Waals surface area contributed by atoms with Crippen molar-refractivity contribution in [3.63, 3.8) is 0 Å². The molecule has 0 fully saturated rings. The van der Waals surface area contributed by atoms with Gasteiger partial charge < -0.3 is 14.8 Å². The van der Waals surface area contributed by atoms with E-state index in [1.54, 1.807) is 0 Å². The molecule has 2 aromatic carbocycles. The average Bonchev–Trinajstić information content (AvgIpc) is 2.51. The molecular formula is C21H29BO3. The monoisotopic (exact) mass is 340 g/mol. The molecule has 2 aromatic rings. The van der Waals surface area contributed by atoms with E-state index in [1.807, 2.05) is 36.4 Å². The zero-order valence-corrected chi connectivity index (χ0v) is 16.1. The summed E-state index contributed by atoms with van der Waals surface area (Å²) in [5.41, 5.74) is 3.24. The highest BCUT2D eigenvalue weighted by molar-refractivity contribution is 6.59. The van der Waals surface area contributed by atoms with Gasteiger partial charge in [-0.15, -0.1) is 0 Å². The Morgan fingerprint density at radius 3 is 1.96 bits per heavy atom. The van der Waals surface area contributed by atoms with E-state index in [1.165, 1.54) is 0 Å². The van der Waals surface area contributed by atoms with Crippen LogP contribution in [-0.2, 0) is 17.4 Å². The minimum absolute atomic E-state index is 0.0956. The molecule has 0 atom stereocenters. The molecular weight excluding hydrogens is 311 g/mol. The number of ether oxygens (including phenoxy) is 1. The molecule has 25 heavy (non-hydrogen) atoms. The second kappa shape index (κ2) is 7.23. The Kier molecular flexibility index (Phi) is 5.65. The van der Waals surface area contributed by atoms with Crippen LogP contribution >= 0.6 is 0 Å². The van der Waals surface area contributed by atoms with Crippen LogP contribution in [0.4, 0.5) is 0 Å². The number of hydrogen-bond donors (Lipinski definition) is 2. The molecule has 2 N–H and O–H groups in total. The van der Waals surface area contributed by atoms with Crippen molar-refractivity contribution >= 4 is 12.6 Å². The van der Waals surface area contributed by atoms with E-state index in [-0.39, 0.29) is 10.8 Å². The minimum Gasteiger partial charge on any atom is -0.489 e. The second-order valence-electron chi connectivity index (χ2n) is 8.59. The molecule has 3 nitrogen and oxygen atoms in total. The molecule has 0 saturated heterocycles. The van der Waals surface area contributed by atoms with Crippen molar-refractivity contribution in [3.05, 3.63) is 59.2 Å². The van der Waals surface area contributed by atoms with Crippen molar-refractivity contribution in [3.8, 4) is 5.75 Å². The van der Waals surface area contributed by atoms with Crippen LogP contribution in [0.1, 0.15) is 58.2 Å². The Bertz CT molecular complexity index is 710. The average molecular weight is 340 g/mol. The van der Waals surface area contributed by atoms with Crippen molar-refractivity contribution in [1.82, 2.24) is 0 Å². The van der Waals surface area contributed by atoms with E-state index in [0.29, 0.717) is 17.8 Å². The van der Waals surface area contributed by atoms with Crippen LogP contribution in [0, 0.1) is 0 Å². The molecule has 0 amide bonds. The van der Waals surface area contributed by atoms with Gasteiger partial charge in [-0.05, 0) is 27.5 Å². The predicted molar refractivity (Wildman–Crippen MR) is 104 cm³/mol. The molecule has 0 aromatic heterocycles. The summed E-state index contributed by atoms with van der Waals surface area (Å²) in [5.74, 6) is 0.569. The summed E-state index contributed by atoms with van der Waals surface area (Å²) in [6.07, 6.45) is 0. The van der Waals surface area contributed by atoms with Gasteiger partial charge in [0.25, 0.3) is 0 Å². The summed E-state index contributed by atoms with van der Waals surface area (Å²) in [7, 11) is -1.57. The zero-order chi connectivity index (χ0) is 18.8. The maximum Gasteiger partial charge on any atom is 0.492 e. The maximum absolute atomic E-state index is 9.96. The molecule has 134 valence electrons. The molecule has 4 heteroatoms. The minimum atomic E-state index is -1.57. The quantitative estimate of drug-likeness (QED) is 0.837. The lowest BCUT2D eigenvalue weighted by molar-refractivity contribution is 0.298. The molecule has 0 radical (unpaired) electrons. The third kappa shape index (κ3) is 4.87. The van der Waals surface area contributed by atoms with E-state index >= 15 is 0 Å². The Labute approximate surface area is 151 Å². The third-order valence-corrected chi connectivity index (χ3v) is 4.30. The summed E-state index contributed by atoms with van der Waals surface area (Å²) < 4.78 is 6.09. The summed E-state index contributed by atoms with van der Waals surface area (Å²) in [5, 5.41) is 19.9. The molecule has 0 spiro atoms. The molecule has 0 heterocycles. The zero-order valence-electron chi connectivity index (χ0n) is 16.1. The molecule has 0 saturated carbocycles. The molecule has 0 aliphatic carbocycles. The van der Waals surface area contributed by atoms with Gasteiger partial charge >= 0.3 is 7.12 Å². The van der Waals surface area contributed by atoms with Crippen molar-refractivity contribution in [2.24, 2.45) is 0 Å². The predicted octanol–water partition coefficient (Wildman–Crippen LogP) is 3.54. The van der Waals surface area contributed by atoms with Gasteiger partial charge in [-0.2, -0.15) is 0 Å². The fourth-order valence-electron chi connectivity index (χ4n) is 2.72. The van der Waals surface area contributed by atoms with Crippen LogP contribution in [0.2, 0.25) is 0 Å². The van der Waals surface area contributed by atoms with Gasteiger partial charge in [-0.3, -0.25) is 0 Å². The van der Waals surface area contributed by atoms with Gasteiger partial charge in [0.1, 0.15) is 12.4 Å². The van der Waals surface area contributed by atoms with Crippen LogP contribution in [0.3, 0.4) is 0 Å². The van der Waals surface area contributed by atoms with Crippen molar-refractivity contribution < 1.29 is 14.8 Å². The number of hydrogen-bond acceptors (Lipinski definition) is 3. The third-order valence-electron chi connectivity index (χ3n) is 4.30. The molecule has 2 rings (SSSR count). The van der Waals surface area contributed by atoms with E-state index in [4.69, 9.17) is 4.74 Å². The smallest absolute Gasteiger partial charge is 0.489 e. The van der Waals surface area contributed by atoms with Crippen molar-refractivity contribution in [1.29, 1.82) is 0 Å². The highest BCUT2D eigenvalue weighted by atomic mass is 16.5. The van der Waals surface area contributed by atoms with Gasteiger partial charge in [0, 0.05) is 5.46 Å². The first-order valence-electron chi connectivity index (χ1n) is 8.72. The van der Waals surface area contributed by atoms with Gasteiger partial charge in [0.2, 0.25) is 0 Å². The van der Waals surface area contributed by atoms with Gasteiger partial charge in [-0.1, -0.05) is 84.0 Å². The van der Waals surface area contributed by atoms with Gasteiger partial charge in [0.05, 0.1) is 0 Å². The standard InChI is InChI=1S/C21H29BO3/c1-20(2,3)16-12-17(21(4,5)6)19(18(13-16)22(23)24)25-14-15-10-8-7-9-11-15/h7-13,23-24H,14H2,1-6H3. The first-order valence-corrected chi connectivity index (χ1v) is 8.72. The Morgan fingerprint density at radius 2 is 1.48 bits per heavy atom.